The molecule has 0 radical (unpaired) electrons. The molecule has 1 spiro atoms. The van der Waals surface area contributed by atoms with E-state index in [1.807, 2.05) is 24.3 Å². The maximum atomic E-state index is 13.5. The number of carbonyl (C=O) groups is 1. The molecule has 2 aliphatic heterocycles. The molecule has 1 fully saturated rings. The number of furan rings is 1. The van der Waals surface area contributed by atoms with Crippen molar-refractivity contribution in [3.63, 3.8) is 0 Å². The fourth-order valence-corrected chi connectivity index (χ4v) is 3.94. The molecule has 2 aromatic carbocycles. The van der Waals surface area contributed by atoms with E-state index in [0.717, 1.165) is 22.4 Å². The molecule has 0 aliphatic carbocycles. The second-order valence-corrected chi connectivity index (χ2v) is 7.44. The Morgan fingerprint density at radius 2 is 1.86 bits per heavy atom. The first kappa shape index (κ1) is 17.9. The lowest BCUT2D eigenvalue weighted by atomic mass is 9.98. The molecular formula is C23H20FNO4. The second kappa shape index (κ2) is 7.04. The molecule has 0 unspecified atom stereocenters. The van der Waals surface area contributed by atoms with Gasteiger partial charge in [0.05, 0.1) is 18.4 Å². The van der Waals surface area contributed by atoms with Crippen LogP contribution in [-0.2, 0) is 11.3 Å². The van der Waals surface area contributed by atoms with Gasteiger partial charge in [0.25, 0.3) is 5.91 Å². The van der Waals surface area contributed by atoms with E-state index >= 15 is 0 Å². The lowest BCUT2D eigenvalue weighted by molar-refractivity contribution is -0.225. The highest BCUT2D eigenvalue weighted by Gasteiger charge is 2.42. The molecule has 5 rings (SSSR count). The Morgan fingerprint density at radius 3 is 2.62 bits per heavy atom. The molecule has 3 heterocycles. The molecule has 3 aromatic rings. The Hall–Kier alpha value is -3.12. The highest BCUT2D eigenvalue weighted by atomic mass is 19.1. The van der Waals surface area contributed by atoms with Gasteiger partial charge in [-0.1, -0.05) is 18.2 Å². The molecule has 148 valence electrons. The van der Waals surface area contributed by atoms with Crippen molar-refractivity contribution in [3.8, 4) is 16.9 Å². The molecule has 1 amide bonds. The first-order valence-electron chi connectivity index (χ1n) is 9.65. The average Bonchev–Trinajstić information content (AvgIpc) is 3.28. The van der Waals surface area contributed by atoms with E-state index in [0.29, 0.717) is 38.1 Å². The van der Waals surface area contributed by atoms with Crippen LogP contribution in [0.25, 0.3) is 11.1 Å². The summed E-state index contributed by atoms with van der Waals surface area (Å²) in [5, 5.41) is 0. The normalized spacial score (nSPS) is 17.6. The van der Waals surface area contributed by atoms with Gasteiger partial charge in [-0.3, -0.25) is 4.79 Å². The van der Waals surface area contributed by atoms with Crippen molar-refractivity contribution < 1.29 is 23.1 Å². The van der Waals surface area contributed by atoms with E-state index in [2.05, 4.69) is 0 Å². The number of amides is 1. The minimum absolute atomic E-state index is 0.0375. The largest absolute Gasteiger partial charge is 0.472 e. The molecule has 0 bridgehead atoms. The van der Waals surface area contributed by atoms with Gasteiger partial charge in [-0.25, -0.2) is 4.39 Å². The van der Waals surface area contributed by atoms with Crippen molar-refractivity contribution in [1.29, 1.82) is 0 Å². The number of benzene rings is 2. The van der Waals surface area contributed by atoms with Crippen LogP contribution in [-0.4, -0.2) is 29.7 Å². The Kier molecular flexibility index (Phi) is 4.36. The highest BCUT2D eigenvalue weighted by Crippen LogP contribution is 2.39. The number of likely N-dealkylation sites (tertiary alicyclic amines) is 1. The van der Waals surface area contributed by atoms with Crippen molar-refractivity contribution >= 4 is 5.91 Å². The van der Waals surface area contributed by atoms with Crippen LogP contribution < -0.4 is 4.74 Å². The summed E-state index contributed by atoms with van der Waals surface area (Å²) in [7, 11) is 0. The summed E-state index contributed by atoms with van der Waals surface area (Å²) in [5.41, 5.74) is 3.24. The summed E-state index contributed by atoms with van der Waals surface area (Å²) in [5.74, 6) is -0.223. The fraction of sp³-hybridized carbons (Fsp3) is 0.261. The maximum Gasteiger partial charge on any atom is 0.257 e. The lowest BCUT2D eigenvalue weighted by Gasteiger charge is -2.44. The van der Waals surface area contributed by atoms with Crippen molar-refractivity contribution in [1.82, 2.24) is 4.90 Å². The van der Waals surface area contributed by atoms with Crippen LogP contribution in [0.1, 0.15) is 28.8 Å². The summed E-state index contributed by atoms with van der Waals surface area (Å²) in [4.78, 5) is 14.3. The van der Waals surface area contributed by atoms with Crippen molar-refractivity contribution in [2.45, 2.75) is 25.2 Å². The third-order valence-corrected chi connectivity index (χ3v) is 5.59. The van der Waals surface area contributed by atoms with Gasteiger partial charge in [-0.15, -0.1) is 0 Å². The summed E-state index contributed by atoms with van der Waals surface area (Å²) >= 11 is 0. The number of rotatable bonds is 2. The topological polar surface area (TPSA) is 51.9 Å². The zero-order valence-corrected chi connectivity index (χ0v) is 15.8. The zero-order chi connectivity index (χ0) is 19.8. The van der Waals surface area contributed by atoms with Crippen LogP contribution in [0.5, 0.6) is 5.75 Å². The first-order chi connectivity index (χ1) is 14.1. The Bertz CT molecular complexity index is 1040. The molecule has 0 atom stereocenters. The van der Waals surface area contributed by atoms with Gasteiger partial charge in [-0.05, 0) is 41.5 Å². The van der Waals surface area contributed by atoms with E-state index in [4.69, 9.17) is 13.9 Å². The quantitative estimate of drug-likeness (QED) is 0.637. The molecule has 5 nitrogen and oxygen atoms in total. The summed E-state index contributed by atoms with van der Waals surface area (Å²) in [6.07, 6.45) is 4.16. The summed E-state index contributed by atoms with van der Waals surface area (Å²) in [6.45, 7) is 1.54. The van der Waals surface area contributed by atoms with Gasteiger partial charge >= 0.3 is 0 Å². The number of piperidine rings is 1. The predicted molar refractivity (Wildman–Crippen MR) is 104 cm³/mol. The lowest BCUT2D eigenvalue weighted by Crippen LogP contribution is -2.52. The van der Waals surface area contributed by atoms with Crippen LogP contribution in [0.3, 0.4) is 0 Å². The van der Waals surface area contributed by atoms with Crippen LogP contribution in [0.15, 0.2) is 65.5 Å². The Balaban J connectivity index is 1.30. The Labute approximate surface area is 167 Å². The molecule has 0 N–H and O–H groups in total. The van der Waals surface area contributed by atoms with Crippen LogP contribution in [0.4, 0.5) is 4.39 Å². The number of ether oxygens (including phenoxy) is 2. The average molecular weight is 393 g/mol. The number of hydrogen-bond acceptors (Lipinski definition) is 4. The summed E-state index contributed by atoms with van der Waals surface area (Å²) in [6, 6.07) is 14.0. The SMILES string of the molecule is O=C(c1ccoc1)N1CCC2(CC1)OCc1cc(-c3cccc(F)c3)ccc1O2. The number of halogens is 1. The van der Waals surface area contributed by atoms with Gasteiger partial charge in [0.2, 0.25) is 5.79 Å². The molecule has 1 saturated heterocycles. The number of fused-ring (bicyclic) bond motifs is 1. The van der Waals surface area contributed by atoms with Gasteiger partial charge < -0.3 is 18.8 Å². The van der Waals surface area contributed by atoms with Crippen molar-refractivity contribution in [3.05, 3.63) is 78.0 Å². The minimum Gasteiger partial charge on any atom is -0.472 e. The van der Waals surface area contributed by atoms with Gasteiger partial charge in [0, 0.05) is 31.5 Å². The Morgan fingerprint density at radius 1 is 1.03 bits per heavy atom. The van der Waals surface area contributed by atoms with Crippen LogP contribution in [0, 0.1) is 5.82 Å². The second-order valence-electron chi connectivity index (χ2n) is 7.44. The molecule has 6 heteroatoms. The standard InChI is InChI=1S/C23H20FNO4/c24-20-3-1-2-16(13-20)17-4-5-21-19(12-17)15-28-23(29-21)7-9-25(10-8-23)22(26)18-6-11-27-14-18/h1-6,11-14H,7-10,15H2. The van der Waals surface area contributed by atoms with E-state index in [1.165, 1.54) is 24.7 Å². The highest BCUT2D eigenvalue weighted by molar-refractivity contribution is 5.93. The number of carbonyl (C=O) groups excluding carboxylic acids is 1. The van der Waals surface area contributed by atoms with E-state index in [9.17, 15) is 9.18 Å². The first-order valence-corrected chi connectivity index (χ1v) is 9.65. The van der Waals surface area contributed by atoms with E-state index < -0.39 is 5.79 Å². The molecule has 0 saturated carbocycles. The van der Waals surface area contributed by atoms with Gasteiger partial charge in [-0.2, -0.15) is 0 Å². The van der Waals surface area contributed by atoms with E-state index in [1.54, 1.807) is 17.0 Å². The zero-order valence-electron chi connectivity index (χ0n) is 15.8. The molecule has 1 aromatic heterocycles. The molecule has 29 heavy (non-hydrogen) atoms. The maximum absolute atomic E-state index is 13.5. The van der Waals surface area contributed by atoms with Crippen LogP contribution in [0.2, 0.25) is 0 Å². The third kappa shape index (κ3) is 3.40. The number of hydrogen-bond donors (Lipinski definition) is 0. The smallest absolute Gasteiger partial charge is 0.257 e. The number of nitrogens with zero attached hydrogens (tertiary/aromatic N) is 1. The minimum atomic E-state index is -0.708. The third-order valence-electron chi connectivity index (χ3n) is 5.59. The van der Waals surface area contributed by atoms with E-state index in [-0.39, 0.29) is 11.7 Å². The summed E-state index contributed by atoms with van der Waals surface area (Å²) < 4.78 is 30.9. The predicted octanol–water partition coefficient (Wildman–Crippen LogP) is 4.63. The van der Waals surface area contributed by atoms with Crippen molar-refractivity contribution in [2.24, 2.45) is 0 Å². The van der Waals surface area contributed by atoms with Crippen LogP contribution >= 0.6 is 0 Å². The van der Waals surface area contributed by atoms with Crippen molar-refractivity contribution in [2.75, 3.05) is 13.1 Å². The monoisotopic (exact) mass is 393 g/mol. The molecule has 2 aliphatic rings. The fourth-order valence-electron chi connectivity index (χ4n) is 3.94. The molecular weight excluding hydrogens is 373 g/mol. The van der Waals surface area contributed by atoms with Gasteiger partial charge in [0.1, 0.15) is 17.8 Å². The van der Waals surface area contributed by atoms with Gasteiger partial charge in [0.15, 0.2) is 0 Å².